The summed E-state index contributed by atoms with van der Waals surface area (Å²) < 4.78 is 35.3. The van der Waals surface area contributed by atoms with Gasteiger partial charge in [-0.2, -0.15) is 8.78 Å². The Kier molecular flexibility index (Phi) is 8.46. The monoisotopic (exact) mass is 432 g/mol. The van der Waals surface area contributed by atoms with Crippen LogP contribution >= 0.6 is 0 Å². The third kappa shape index (κ3) is 6.55. The van der Waals surface area contributed by atoms with E-state index in [0.717, 1.165) is 18.8 Å². The molecule has 31 heavy (non-hydrogen) atoms. The molecule has 8 heteroatoms. The predicted molar refractivity (Wildman–Crippen MR) is 118 cm³/mol. The summed E-state index contributed by atoms with van der Waals surface area (Å²) in [7, 11) is 3.36. The molecule has 168 valence electrons. The lowest BCUT2D eigenvalue weighted by atomic mass is 10.1. The molecule has 2 aromatic carbocycles. The number of aliphatic imine (C=N–C) groups is 1. The van der Waals surface area contributed by atoms with E-state index in [9.17, 15) is 8.78 Å². The number of rotatable bonds is 9. The fraction of sp³-hybridized carbons (Fsp3) is 0.435. The van der Waals surface area contributed by atoms with Crippen LogP contribution in [0.4, 0.5) is 8.78 Å². The highest BCUT2D eigenvalue weighted by molar-refractivity contribution is 5.79. The van der Waals surface area contributed by atoms with Crippen molar-refractivity contribution in [1.29, 1.82) is 0 Å². The molecule has 1 aliphatic heterocycles. The molecular weight excluding hydrogens is 402 g/mol. The molecule has 0 spiro atoms. The lowest BCUT2D eigenvalue weighted by molar-refractivity contribution is -0.0504. The second-order valence-electron chi connectivity index (χ2n) is 7.33. The topological polar surface area (TPSA) is 58.1 Å². The summed E-state index contributed by atoms with van der Waals surface area (Å²) in [5.41, 5.74) is 1.81. The highest BCUT2D eigenvalue weighted by Crippen LogP contribution is 2.27. The number of nitrogens with one attached hydrogen (secondary N) is 2. The number of hydrogen-bond acceptors (Lipinski definition) is 4. The van der Waals surface area contributed by atoms with Crippen LogP contribution in [0.15, 0.2) is 53.5 Å². The van der Waals surface area contributed by atoms with Crippen LogP contribution in [0, 0.1) is 0 Å². The summed E-state index contributed by atoms with van der Waals surface area (Å²) >= 11 is 0. The molecule has 1 saturated heterocycles. The van der Waals surface area contributed by atoms with E-state index in [4.69, 9.17) is 4.74 Å². The second-order valence-corrected chi connectivity index (χ2v) is 7.33. The molecule has 3 rings (SSSR count). The lowest BCUT2D eigenvalue weighted by Gasteiger charge is -2.29. The SMILES string of the molecule is CN=C(NCc1ccccc1OC(F)F)NCC(c1cccc(OC)c1)N1CCCC1. The predicted octanol–water partition coefficient (Wildman–Crippen LogP) is 3.80. The number of halogens is 2. The van der Waals surface area contributed by atoms with E-state index in [0.29, 0.717) is 24.6 Å². The first-order chi connectivity index (χ1) is 15.1. The van der Waals surface area contributed by atoms with Gasteiger partial charge in [0, 0.05) is 25.7 Å². The van der Waals surface area contributed by atoms with Crippen molar-refractivity contribution in [2.24, 2.45) is 4.99 Å². The molecule has 6 nitrogen and oxygen atoms in total. The van der Waals surface area contributed by atoms with Crippen LogP contribution in [0.25, 0.3) is 0 Å². The van der Waals surface area contributed by atoms with Crippen molar-refractivity contribution in [2.75, 3.05) is 33.8 Å². The van der Waals surface area contributed by atoms with Gasteiger partial charge in [0.05, 0.1) is 13.2 Å². The van der Waals surface area contributed by atoms with E-state index in [1.165, 1.54) is 24.5 Å². The van der Waals surface area contributed by atoms with Gasteiger partial charge in [-0.3, -0.25) is 9.89 Å². The molecule has 2 N–H and O–H groups in total. The number of para-hydroxylation sites is 1. The molecule has 0 amide bonds. The molecule has 1 aliphatic rings. The maximum Gasteiger partial charge on any atom is 0.387 e. The number of likely N-dealkylation sites (tertiary alicyclic amines) is 1. The molecule has 1 unspecified atom stereocenters. The molecule has 1 heterocycles. The summed E-state index contributed by atoms with van der Waals surface area (Å²) in [5, 5.41) is 6.57. The number of benzene rings is 2. The summed E-state index contributed by atoms with van der Waals surface area (Å²) in [6.45, 7) is 0.211. The van der Waals surface area contributed by atoms with Crippen molar-refractivity contribution in [2.45, 2.75) is 32.0 Å². The van der Waals surface area contributed by atoms with Gasteiger partial charge in [0.15, 0.2) is 5.96 Å². The minimum Gasteiger partial charge on any atom is -0.497 e. The van der Waals surface area contributed by atoms with Gasteiger partial charge >= 0.3 is 6.61 Å². The van der Waals surface area contributed by atoms with Gasteiger partial charge < -0.3 is 20.1 Å². The Morgan fingerprint density at radius 3 is 2.58 bits per heavy atom. The van der Waals surface area contributed by atoms with Gasteiger partial charge in [-0.05, 0) is 49.7 Å². The van der Waals surface area contributed by atoms with Gasteiger partial charge in [0.25, 0.3) is 0 Å². The molecule has 0 aromatic heterocycles. The van der Waals surface area contributed by atoms with Crippen molar-refractivity contribution in [1.82, 2.24) is 15.5 Å². The maximum absolute atomic E-state index is 12.6. The Labute approximate surface area is 182 Å². The molecule has 0 aliphatic carbocycles. The first-order valence-electron chi connectivity index (χ1n) is 10.5. The van der Waals surface area contributed by atoms with Crippen LogP contribution < -0.4 is 20.1 Å². The zero-order valence-corrected chi connectivity index (χ0v) is 18.0. The van der Waals surface area contributed by atoms with Crippen LogP contribution in [0.1, 0.15) is 30.0 Å². The molecular formula is C23H30F2N4O2. The van der Waals surface area contributed by atoms with Crippen molar-refractivity contribution < 1.29 is 18.3 Å². The van der Waals surface area contributed by atoms with Crippen molar-refractivity contribution >= 4 is 5.96 Å². The smallest absolute Gasteiger partial charge is 0.387 e. The van der Waals surface area contributed by atoms with E-state index in [2.05, 4.69) is 37.4 Å². The molecule has 0 saturated carbocycles. The quantitative estimate of drug-likeness (QED) is 0.466. The van der Waals surface area contributed by atoms with E-state index < -0.39 is 6.61 Å². The van der Waals surface area contributed by atoms with Crippen molar-refractivity contribution in [3.63, 3.8) is 0 Å². The van der Waals surface area contributed by atoms with Crippen molar-refractivity contribution in [3.8, 4) is 11.5 Å². The Morgan fingerprint density at radius 2 is 1.87 bits per heavy atom. The highest BCUT2D eigenvalue weighted by atomic mass is 19.3. The third-order valence-corrected chi connectivity index (χ3v) is 5.38. The highest BCUT2D eigenvalue weighted by Gasteiger charge is 2.24. The molecule has 1 atom stereocenters. The number of guanidine groups is 1. The summed E-state index contributed by atoms with van der Waals surface area (Å²) in [6, 6.07) is 15.0. The van der Waals surface area contributed by atoms with Gasteiger partial charge in [0.1, 0.15) is 11.5 Å². The summed E-state index contributed by atoms with van der Waals surface area (Å²) in [4.78, 5) is 6.74. The fourth-order valence-electron chi connectivity index (χ4n) is 3.81. The standard InChI is InChI=1S/C23H30F2N4O2/c1-26-23(27-15-18-8-3-4-11-21(18)31-22(24)25)28-16-20(29-12-5-6-13-29)17-9-7-10-19(14-17)30-2/h3-4,7-11,14,20,22H,5-6,12-13,15-16H2,1-2H3,(H2,26,27,28). The van der Waals surface area contributed by atoms with E-state index in [-0.39, 0.29) is 11.8 Å². The zero-order chi connectivity index (χ0) is 22.1. The Bertz CT molecular complexity index is 857. The van der Waals surface area contributed by atoms with E-state index in [1.54, 1.807) is 32.4 Å². The number of nitrogens with zero attached hydrogens (tertiary/aromatic N) is 2. The summed E-state index contributed by atoms with van der Waals surface area (Å²) in [5.74, 6) is 1.59. The van der Waals surface area contributed by atoms with Crippen LogP contribution in [0.2, 0.25) is 0 Å². The minimum absolute atomic E-state index is 0.159. The Balaban J connectivity index is 1.65. The molecule has 0 radical (unpaired) electrons. The normalized spacial score (nSPS) is 15.7. The lowest BCUT2D eigenvalue weighted by Crippen LogP contribution is -2.42. The average molecular weight is 433 g/mol. The zero-order valence-electron chi connectivity index (χ0n) is 18.0. The van der Waals surface area contributed by atoms with E-state index in [1.807, 2.05) is 12.1 Å². The largest absolute Gasteiger partial charge is 0.497 e. The second kappa shape index (κ2) is 11.5. The molecule has 0 bridgehead atoms. The third-order valence-electron chi connectivity index (χ3n) is 5.38. The molecule has 2 aromatic rings. The number of alkyl halides is 2. The van der Waals surface area contributed by atoms with Gasteiger partial charge in [-0.25, -0.2) is 0 Å². The van der Waals surface area contributed by atoms with Crippen LogP contribution in [0.3, 0.4) is 0 Å². The van der Waals surface area contributed by atoms with Crippen LogP contribution in [0.5, 0.6) is 11.5 Å². The number of ether oxygens (including phenoxy) is 2. The van der Waals surface area contributed by atoms with Gasteiger partial charge in [0.2, 0.25) is 0 Å². The minimum atomic E-state index is -2.86. The average Bonchev–Trinajstić information content (AvgIpc) is 3.31. The number of hydrogen-bond donors (Lipinski definition) is 2. The van der Waals surface area contributed by atoms with Gasteiger partial charge in [-0.15, -0.1) is 0 Å². The van der Waals surface area contributed by atoms with Crippen LogP contribution in [-0.4, -0.2) is 51.3 Å². The first kappa shape index (κ1) is 22.8. The maximum atomic E-state index is 12.6. The molecule has 1 fully saturated rings. The van der Waals surface area contributed by atoms with Gasteiger partial charge in [-0.1, -0.05) is 30.3 Å². The summed E-state index contributed by atoms with van der Waals surface area (Å²) in [6.07, 6.45) is 2.38. The first-order valence-corrected chi connectivity index (χ1v) is 10.5. The Morgan fingerprint density at radius 1 is 1.10 bits per heavy atom. The number of methoxy groups -OCH3 is 1. The van der Waals surface area contributed by atoms with E-state index >= 15 is 0 Å². The fourth-order valence-corrected chi connectivity index (χ4v) is 3.81. The van der Waals surface area contributed by atoms with Crippen molar-refractivity contribution in [3.05, 3.63) is 59.7 Å². The van der Waals surface area contributed by atoms with Crippen LogP contribution in [-0.2, 0) is 6.54 Å². The Hall–Kier alpha value is -2.87.